The van der Waals surface area contributed by atoms with Gasteiger partial charge in [-0.15, -0.1) is 11.8 Å². The minimum Gasteiger partial charge on any atom is -0.383 e. The highest BCUT2D eigenvalue weighted by Gasteiger charge is 2.32. The van der Waals surface area contributed by atoms with E-state index in [2.05, 4.69) is 54.2 Å². The van der Waals surface area contributed by atoms with Crippen LogP contribution in [0.4, 0.5) is 0 Å². The summed E-state index contributed by atoms with van der Waals surface area (Å²) in [7, 11) is 1.67. The van der Waals surface area contributed by atoms with E-state index in [0.717, 1.165) is 17.7 Å². The Bertz CT molecular complexity index is 666. The van der Waals surface area contributed by atoms with Gasteiger partial charge in [0.2, 0.25) is 5.91 Å². The lowest BCUT2D eigenvalue weighted by atomic mass is 10.1. The second kappa shape index (κ2) is 7.23. The fraction of sp³-hybridized carbons (Fsp3) is 0.389. The van der Waals surface area contributed by atoms with Gasteiger partial charge in [0.1, 0.15) is 5.37 Å². The Kier molecular flexibility index (Phi) is 5.08. The molecule has 1 aliphatic rings. The number of benzene rings is 1. The van der Waals surface area contributed by atoms with Gasteiger partial charge in [0, 0.05) is 37.3 Å². The van der Waals surface area contributed by atoms with Crippen molar-refractivity contribution in [2.75, 3.05) is 26.0 Å². The second-order valence-electron chi connectivity index (χ2n) is 5.62. The molecule has 0 N–H and O–H groups in total. The highest BCUT2D eigenvalue weighted by atomic mass is 32.2. The molecule has 1 atom stereocenters. The normalized spacial score (nSPS) is 17.9. The topological polar surface area (TPSA) is 34.5 Å². The highest BCUT2D eigenvalue weighted by molar-refractivity contribution is 8.00. The predicted molar refractivity (Wildman–Crippen MR) is 93.9 cm³/mol. The van der Waals surface area contributed by atoms with Crippen molar-refractivity contribution in [1.82, 2.24) is 9.47 Å². The van der Waals surface area contributed by atoms with E-state index in [1.807, 2.05) is 4.90 Å². The number of thioether (sulfide) groups is 1. The number of carbonyl (C=O) groups excluding carboxylic acids is 1. The van der Waals surface area contributed by atoms with Gasteiger partial charge >= 0.3 is 0 Å². The molecule has 1 saturated heterocycles. The van der Waals surface area contributed by atoms with Crippen molar-refractivity contribution in [2.45, 2.75) is 18.7 Å². The lowest BCUT2D eigenvalue weighted by molar-refractivity contribution is -0.128. The van der Waals surface area contributed by atoms with Crippen molar-refractivity contribution >= 4 is 17.7 Å². The van der Waals surface area contributed by atoms with Gasteiger partial charge in [-0.05, 0) is 30.2 Å². The largest absolute Gasteiger partial charge is 0.383 e. The third-order valence-corrected chi connectivity index (χ3v) is 5.40. The zero-order valence-electron chi connectivity index (χ0n) is 13.6. The van der Waals surface area contributed by atoms with Crippen LogP contribution in [0.15, 0.2) is 42.7 Å². The summed E-state index contributed by atoms with van der Waals surface area (Å²) in [6.07, 6.45) is 5.23. The van der Waals surface area contributed by atoms with Crippen molar-refractivity contribution in [3.8, 4) is 5.69 Å². The van der Waals surface area contributed by atoms with Crippen LogP contribution in [-0.2, 0) is 16.0 Å². The number of amides is 1. The summed E-state index contributed by atoms with van der Waals surface area (Å²) in [6.45, 7) is 3.37. The first-order chi connectivity index (χ1) is 11.2. The molecule has 0 bridgehead atoms. The zero-order valence-corrected chi connectivity index (χ0v) is 14.4. The maximum atomic E-state index is 12.1. The molecular formula is C18H22N2O2S. The third kappa shape index (κ3) is 3.46. The molecule has 0 spiro atoms. The monoisotopic (exact) mass is 330 g/mol. The molecule has 5 heteroatoms. The van der Waals surface area contributed by atoms with Crippen LogP contribution in [0, 0.1) is 0 Å². The lowest BCUT2D eigenvalue weighted by Crippen LogP contribution is -2.31. The van der Waals surface area contributed by atoms with Crippen LogP contribution in [0.3, 0.4) is 0 Å². The molecule has 1 aliphatic heterocycles. The first-order valence-corrected chi connectivity index (χ1v) is 8.95. The fourth-order valence-electron chi connectivity index (χ4n) is 2.79. The number of nitrogens with zero attached hydrogens (tertiary/aromatic N) is 2. The molecular weight excluding hydrogens is 308 g/mol. The molecule has 0 radical (unpaired) electrons. The number of hydrogen-bond acceptors (Lipinski definition) is 3. The van der Waals surface area contributed by atoms with E-state index in [9.17, 15) is 4.79 Å². The van der Waals surface area contributed by atoms with Gasteiger partial charge in [-0.2, -0.15) is 0 Å². The first kappa shape index (κ1) is 16.1. The Morgan fingerprint density at radius 2 is 2.04 bits per heavy atom. The molecule has 2 heterocycles. The van der Waals surface area contributed by atoms with E-state index in [-0.39, 0.29) is 11.3 Å². The van der Waals surface area contributed by atoms with Crippen LogP contribution in [0.2, 0.25) is 0 Å². The summed E-state index contributed by atoms with van der Waals surface area (Å²) in [5.74, 6) is 0.738. The summed E-state index contributed by atoms with van der Waals surface area (Å²) >= 11 is 1.68. The standard InChI is InChI=1S/C18H22N2O2S/c1-3-14-4-6-16(7-5-14)19-9-8-15(12-19)18-20(10-11-22-2)17(21)13-23-18/h4-9,12,18H,3,10-11,13H2,1-2H3. The number of hydrogen-bond donors (Lipinski definition) is 0. The van der Waals surface area contributed by atoms with E-state index < -0.39 is 0 Å². The summed E-state index contributed by atoms with van der Waals surface area (Å²) in [5.41, 5.74) is 3.64. The maximum absolute atomic E-state index is 12.1. The number of ether oxygens (including phenoxy) is 1. The van der Waals surface area contributed by atoms with Gasteiger partial charge in [0.05, 0.1) is 12.4 Å². The SMILES string of the molecule is CCc1ccc(-n2ccc(C3SCC(=O)N3CCOC)c2)cc1. The van der Waals surface area contributed by atoms with Crippen molar-refractivity contribution in [3.05, 3.63) is 53.9 Å². The first-order valence-electron chi connectivity index (χ1n) is 7.90. The van der Waals surface area contributed by atoms with Crippen LogP contribution in [-0.4, -0.2) is 41.4 Å². The molecule has 4 nitrogen and oxygen atoms in total. The van der Waals surface area contributed by atoms with E-state index >= 15 is 0 Å². The van der Waals surface area contributed by atoms with Crippen LogP contribution in [0.1, 0.15) is 23.4 Å². The molecule has 1 aromatic carbocycles. The van der Waals surface area contributed by atoms with Gasteiger partial charge in [-0.3, -0.25) is 4.79 Å². The molecule has 1 aromatic heterocycles. The predicted octanol–water partition coefficient (Wildman–Crippen LogP) is 3.26. The van der Waals surface area contributed by atoms with Gasteiger partial charge in [0.25, 0.3) is 0 Å². The van der Waals surface area contributed by atoms with Crippen molar-refractivity contribution in [2.24, 2.45) is 0 Å². The lowest BCUT2D eigenvalue weighted by Gasteiger charge is -2.22. The average molecular weight is 330 g/mol. The maximum Gasteiger partial charge on any atom is 0.233 e. The van der Waals surface area contributed by atoms with E-state index in [4.69, 9.17) is 4.74 Å². The van der Waals surface area contributed by atoms with Gasteiger partial charge in [-0.25, -0.2) is 0 Å². The Hall–Kier alpha value is -1.72. The molecule has 0 saturated carbocycles. The number of carbonyl (C=O) groups is 1. The Morgan fingerprint density at radius 3 is 2.74 bits per heavy atom. The molecule has 1 unspecified atom stereocenters. The van der Waals surface area contributed by atoms with E-state index in [1.165, 1.54) is 5.56 Å². The molecule has 2 aromatic rings. The molecule has 1 fully saturated rings. The quantitative estimate of drug-likeness (QED) is 0.815. The van der Waals surface area contributed by atoms with Gasteiger partial charge in [0.15, 0.2) is 0 Å². The van der Waals surface area contributed by atoms with Crippen molar-refractivity contribution in [1.29, 1.82) is 0 Å². The van der Waals surface area contributed by atoms with Crippen molar-refractivity contribution in [3.63, 3.8) is 0 Å². The third-order valence-electron chi connectivity index (χ3n) is 4.15. The minimum atomic E-state index is 0.0915. The van der Waals surface area contributed by atoms with Crippen LogP contribution in [0.5, 0.6) is 0 Å². The Labute approximate surface area is 141 Å². The number of methoxy groups -OCH3 is 1. The molecule has 23 heavy (non-hydrogen) atoms. The number of rotatable bonds is 6. The molecule has 122 valence electrons. The van der Waals surface area contributed by atoms with E-state index in [0.29, 0.717) is 18.9 Å². The second-order valence-corrected chi connectivity index (χ2v) is 6.68. The summed E-state index contributed by atoms with van der Waals surface area (Å²) < 4.78 is 7.24. The zero-order chi connectivity index (χ0) is 16.2. The van der Waals surface area contributed by atoms with Crippen molar-refractivity contribution < 1.29 is 9.53 Å². The summed E-state index contributed by atoms with van der Waals surface area (Å²) in [6, 6.07) is 10.7. The molecule has 3 rings (SSSR count). The van der Waals surface area contributed by atoms with Crippen LogP contribution in [0.25, 0.3) is 5.69 Å². The number of aryl methyl sites for hydroxylation is 1. The summed E-state index contributed by atoms with van der Waals surface area (Å²) in [4.78, 5) is 14.0. The average Bonchev–Trinajstić information content (AvgIpc) is 3.20. The Morgan fingerprint density at radius 1 is 1.26 bits per heavy atom. The highest BCUT2D eigenvalue weighted by Crippen LogP contribution is 2.38. The van der Waals surface area contributed by atoms with Gasteiger partial charge < -0.3 is 14.2 Å². The fourth-order valence-corrected chi connectivity index (χ4v) is 3.99. The number of aromatic nitrogens is 1. The molecule has 1 amide bonds. The van der Waals surface area contributed by atoms with Gasteiger partial charge in [-0.1, -0.05) is 19.1 Å². The Balaban J connectivity index is 1.78. The smallest absolute Gasteiger partial charge is 0.233 e. The molecule has 0 aliphatic carbocycles. The minimum absolute atomic E-state index is 0.0915. The van der Waals surface area contributed by atoms with Crippen LogP contribution >= 0.6 is 11.8 Å². The van der Waals surface area contributed by atoms with Crippen LogP contribution < -0.4 is 0 Å². The van der Waals surface area contributed by atoms with E-state index in [1.54, 1.807) is 18.9 Å². The summed E-state index contributed by atoms with van der Waals surface area (Å²) in [5, 5.41) is 0.0915.